The van der Waals surface area contributed by atoms with Crippen LogP contribution in [0.3, 0.4) is 0 Å². The molecule has 1 fully saturated rings. The Labute approximate surface area is 114 Å². The molecule has 0 saturated carbocycles. The largest absolute Gasteiger partial charge is 0.355 e. The molecule has 1 aliphatic rings. The average Bonchev–Trinajstić information content (AvgIpc) is 2.54. The summed E-state index contributed by atoms with van der Waals surface area (Å²) < 4.78 is 26.6. The van der Waals surface area contributed by atoms with Gasteiger partial charge in [-0.05, 0) is 24.6 Å². The Morgan fingerprint density at radius 1 is 1.33 bits per heavy atom. The summed E-state index contributed by atoms with van der Waals surface area (Å²) in [6.45, 7) is 0.756. The number of benzene rings is 1. The fourth-order valence-electron chi connectivity index (χ4n) is 1.76. The van der Waals surface area contributed by atoms with Gasteiger partial charge in [0.2, 0.25) is 15.9 Å². The molecule has 0 aliphatic carbocycles. The predicted octanol–water partition coefficient (Wildman–Crippen LogP) is 0.960. The van der Waals surface area contributed by atoms with E-state index in [0.717, 1.165) is 0 Å². The Kier molecular flexibility index (Phi) is 4.04. The second-order valence-corrected chi connectivity index (χ2v) is 6.85. The summed E-state index contributed by atoms with van der Waals surface area (Å²) in [6.07, 6.45) is 0.624. The van der Waals surface area contributed by atoms with Gasteiger partial charge in [0, 0.05) is 17.6 Å². The van der Waals surface area contributed by atoms with Crippen LogP contribution in [0.15, 0.2) is 33.6 Å². The highest BCUT2D eigenvalue weighted by Gasteiger charge is 2.27. The SMILES string of the molecule is O=C1CN(S(=O)(=O)c2cccc(Br)c2)CCCN1. The Balaban J connectivity index is 2.32. The molecule has 98 valence electrons. The molecule has 1 aromatic rings. The van der Waals surface area contributed by atoms with E-state index in [4.69, 9.17) is 0 Å². The van der Waals surface area contributed by atoms with Crippen molar-refractivity contribution in [3.8, 4) is 0 Å². The molecule has 18 heavy (non-hydrogen) atoms. The van der Waals surface area contributed by atoms with E-state index in [2.05, 4.69) is 21.2 Å². The number of hydrogen-bond donors (Lipinski definition) is 1. The molecule has 0 radical (unpaired) electrons. The molecule has 5 nitrogen and oxygen atoms in total. The van der Waals surface area contributed by atoms with Gasteiger partial charge in [0.05, 0.1) is 11.4 Å². The van der Waals surface area contributed by atoms with Gasteiger partial charge < -0.3 is 5.32 Å². The highest BCUT2D eigenvalue weighted by Crippen LogP contribution is 2.20. The highest BCUT2D eigenvalue weighted by molar-refractivity contribution is 9.10. The summed E-state index contributed by atoms with van der Waals surface area (Å²) in [5.41, 5.74) is 0. The number of halogens is 1. The van der Waals surface area contributed by atoms with Crippen molar-refractivity contribution in [3.05, 3.63) is 28.7 Å². The van der Waals surface area contributed by atoms with Crippen LogP contribution < -0.4 is 5.32 Å². The molecule has 0 bridgehead atoms. The Morgan fingerprint density at radius 3 is 2.83 bits per heavy atom. The molecule has 2 rings (SSSR count). The van der Waals surface area contributed by atoms with Gasteiger partial charge in [-0.25, -0.2) is 8.42 Å². The van der Waals surface area contributed by atoms with Crippen molar-refractivity contribution in [2.75, 3.05) is 19.6 Å². The number of nitrogens with zero attached hydrogens (tertiary/aromatic N) is 1. The second kappa shape index (κ2) is 5.38. The second-order valence-electron chi connectivity index (χ2n) is 4.00. The molecule has 0 atom stereocenters. The first-order valence-corrected chi connectivity index (χ1v) is 7.76. The maximum absolute atomic E-state index is 12.4. The lowest BCUT2D eigenvalue weighted by molar-refractivity contribution is -0.120. The van der Waals surface area contributed by atoms with Crippen molar-refractivity contribution < 1.29 is 13.2 Å². The van der Waals surface area contributed by atoms with Gasteiger partial charge in [-0.3, -0.25) is 4.79 Å². The van der Waals surface area contributed by atoms with Crippen molar-refractivity contribution >= 4 is 31.9 Å². The summed E-state index contributed by atoms with van der Waals surface area (Å²) >= 11 is 3.24. The number of nitrogens with one attached hydrogen (secondary N) is 1. The normalized spacial score (nSPS) is 18.2. The first kappa shape index (κ1) is 13.5. The standard InChI is InChI=1S/C11H13BrN2O3S/c12-9-3-1-4-10(7-9)18(16,17)14-6-2-5-13-11(15)8-14/h1,3-4,7H,2,5-6,8H2,(H,13,15). The van der Waals surface area contributed by atoms with E-state index in [9.17, 15) is 13.2 Å². The van der Waals surface area contributed by atoms with Crippen LogP contribution >= 0.6 is 15.9 Å². The fourth-order valence-corrected chi connectivity index (χ4v) is 3.79. The zero-order valence-electron chi connectivity index (χ0n) is 9.60. The molecule has 1 aliphatic heterocycles. The minimum atomic E-state index is -3.60. The number of carbonyl (C=O) groups excluding carboxylic acids is 1. The molecule has 1 aromatic carbocycles. The molecule has 0 unspecified atom stereocenters. The van der Waals surface area contributed by atoms with E-state index in [1.165, 1.54) is 16.4 Å². The fraction of sp³-hybridized carbons (Fsp3) is 0.364. The molecule has 1 saturated heterocycles. The van der Waals surface area contributed by atoms with Gasteiger partial charge >= 0.3 is 0 Å². The van der Waals surface area contributed by atoms with E-state index in [-0.39, 0.29) is 17.3 Å². The lowest BCUT2D eigenvalue weighted by atomic mass is 10.4. The number of amides is 1. The highest BCUT2D eigenvalue weighted by atomic mass is 79.9. The van der Waals surface area contributed by atoms with Crippen LogP contribution in [0.1, 0.15) is 6.42 Å². The summed E-state index contributed by atoms with van der Waals surface area (Å²) in [4.78, 5) is 11.6. The summed E-state index contributed by atoms with van der Waals surface area (Å²) in [6, 6.07) is 6.49. The van der Waals surface area contributed by atoms with Crippen molar-refractivity contribution in [3.63, 3.8) is 0 Å². The summed E-state index contributed by atoms with van der Waals surface area (Å²) in [7, 11) is -3.60. The van der Waals surface area contributed by atoms with Gasteiger partial charge in [-0.2, -0.15) is 4.31 Å². The monoisotopic (exact) mass is 332 g/mol. The number of rotatable bonds is 2. The molecule has 1 heterocycles. The molecule has 7 heteroatoms. The van der Waals surface area contributed by atoms with Crippen LogP contribution in [-0.2, 0) is 14.8 Å². The maximum atomic E-state index is 12.4. The average molecular weight is 333 g/mol. The van der Waals surface area contributed by atoms with E-state index in [1.54, 1.807) is 12.1 Å². The van der Waals surface area contributed by atoms with Crippen LogP contribution in [0.4, 0.5) is 0 Å². The van der Waals surface area contributed by atoms with Crippen LogP contribution in [0.2, 0.25) is 0 Å². The van der Waals surface area contributed by atoms with Crippen LogP contribution in [0.5, 0.6) is 0 Å². The Morgan fingerprint density at radius 2 is 2.11 bits per heavy atom. The van der Waals surface area contributed by atoms with Gasteiger partial charge in [0.25, 0.3) is 0 Å². The van der Waals surface area contributed by atoms with Crippen molar-refractivity contribution in [1.82, 2.24) is 9.62 Å². The van der Waals surface area contributed by atoms with Gasteiger partial charge in [-0.1, -0.05) is 22.0 Å². The van der Waals surface area contributed by atoms with E-state index in [1.807, 2.05) is 0 Å². The molecule has 0 aromatic heterocycles. The Hall–Kier alpha value is -0.920. The third-order valence-corrected chi connectivity index (χ3v) is 4.99. The van der Waals surface area contributed by atoms with Gasteiger partial charge in [-0.15, -0.1) is 0 Å². The minimum Gasteiger partial charge on any atom is -0.355 e. The first-order chi connectivity index (χ1) is 8.50. The predicted molar refractivity (Wildman–Crippen MR) is 70.5 cm³/mol. The van der Waals surface area contributed by atoms with Gasteiger partial charge in [0.1, 0.15) is 0 Å². The molecular formula is C11H13BrN2O3S. The number of sulfonamides is 1. The molecular weight excluding hydrogens is 320 g/mol. The van der Waals surface area contributed by atoms with E-state index < -0.39 is 10.0 Å². The van der Waals surface area contributed by atoms with Gasteiger partial charge in [0.15, 0.2) is 0 Å². The van der Waals surface area contributed by atoms with Crippen LogP contribution in [0.25, 0.3) is 0 Å². The van der Waals surface area contributed by atoms with Crippen LogP contribution in [0, 0.1) is 0 Å². The smallest absolute Gasteiger partial charge is 0.243 e. The van der Waals surface area contributed by atoms with Crippen molar-refractivity contribution in [2.24, 2.45) is 0 Å². The number of carbonyl (C=O) groups is 1. The minimum absolute atomic E-state index is 0.116. The molecule has 1 N–H and O–H groups in total. The van der Waals surface area contributed by atoms with E-state index >= 15 is 0 Å². The third kappa shape index (κ3) is 2.90. The summed E-state index contributed by atoms with van der Waals surface area (Å²) in [5.74, 6) is -0.258. The van der Waals surface area contributed by atoms with Crippen LogP contribution in [-0.4, -0.2) is 38.3 Å². The zero-order chi connectivity index (χ0) is 13.2. The Bertz CT molecular complexity index is 559. The van der Waals surface area contributed by atoms with E-state index in [0.29, 0.717) is 24.0 Å². The number of hydrogen-bond acceptors (Lipinski definition) is 3. The lowest BCUT2D eigenvalue weighted by Crippen LogP contribution is -2.37. The topological polar surface area (TPSA) is 66.5 Å². The van der Waals surface area contributed by atoms with Crippen molar-refractivity contribution in [2.45, 2.75) is 11.3 Å². The zero-order valence-corrected chi connectivity index (χ0v) is 12.0. The lowest BCUT2D eigenvalue weighted by Gasteiger charge is -2.18. The third-order valence-electron chi connectivity index (χ3n) is 2.66. The maximum Gasteiger partial charge on any atom is 0.243 e. The van der Waals surface area contributed by atoms with Crippen molar-refractivity contribution in [1.29, 1.82) is 0 Å². The quantitative estimate of drug-likeness (QED) is 0.877. The first-order valence-electron chi connectivity index (χ1n) is 5.52. The molecule has 0 spiro atoms. The summed E-state index contributed by atoms with van der Waals surface area (Å²) in [5, 5.41) is 2.66. The molecule has 1 amide bonds.